The molecule has 3 N–H and O–H groups in total. The van der Waals surface area contributed by atoms with Crippen LogP contribution in [0.15, 0.2) is 48.6 Å². The summed E-state index contributed by atoms with van der Waals surface area (Å²) in [7, 11) is 0. The Morgan fingerprint density at radius 3 is 1.03 bits per heavy atom. The highest BCUT2D eigenvalue weighted by molar-refractivity contribution is 5.76. The number of hydrogen-bond acceptors (Lipinski definition) is 5. The van der Waals surface area contributed by atoms with E-state index in [0.717, 1.165) is 89.9 Å². The third-order valence-electron chi connectivity index (χ3n) is 15.6. The summed E-state index contributed by atoms with van der Waals surface area (Å²) in [5.74, 6) is -0.0709. The van der Waals surface area contributed by atoms with Crippen molar-refractivity contribution in [3.63, 3.8) is 0 Å². The Hall–Kier alpha value is -2.18. The van der Waals surface area contributed by atoms with Crippen LogP contribution in [-0.4, -0.2) is 47.4 Å². The van der Waals surface area contributed by atoms with E-state index in [1.807, 2.05) is 0 Å². The third-order valence-corrected chi connectivity index (χ3v) is 15.6. The molecule has 6 nitrogen and oxygen atoms in total. The van der Waals surface area contributed by atoms with Gasteiger partial charge in [0.1, 0.15) is 0 Å². The third kappa shape index (κ3) is 61.0. The van der Waals surface area contributed by atoms with E-state index >= 15 is 0 Å². The SMILES string of the molecule is CCCCC/C=C\C/C=C\CCCCCCCCCC(=O)OCCCCC/C=C\C/C=C\CCCCCCCCCC(=O)NC(CO)C(O)CCCCCCCCCCCCCCCCCCCCCCCCCCC. The van der Waals surface area contributed by atoms with E-state index in [9.17, 15) is 19.8 Å². The lowest BCUT2D eigenvalue weighted by molar-refractivity contribution is -0.143. The molecule has 0 aliphatic heterocycles. The summed E-state index contributed by atoms with van der Waals surface area (Å²) in [6, 6.07) is -0.557. The predicted octanol–water partition coefficient (Wildman–Crippen LogP) is 21.7. The van der Waals surface area contributed by atoms with Crippen LogP contribution in [-0.2, 0) is 14.3 Å². The summed E-state index contributed by atoms with van der Waals surface area (Å²) < 4.78 is 5.46. The normalized spacial score (nSPS) is 12.8. The number of ether oxygens (including phenoxy) is 1. The summed E-state index contributed by atoms with van der Waals surface area (Å²) in [6.07, 6.45) is 84.2. The van der Waals surface area contributed by atoms with Gasteiger partial charge in [-0.1, -0.05) is 300 Å². The van der Waals surface area contributed by atoms with Crippen molar-refractivity contribution in [1.29, 1.82) is 0 Å². The Morgan fingerprint density at radius 2 is 0.658 bits per heavy atom. The van der Waals surface area contributed by atoms with E-state index in [1.165, 1.54) is 238 Å². The fraction of sp³-hybridized carbons (Fsp3) is 0.857. The first kappa shape index (κ1) is 73.8. The van der Waals surface area contributed by atoms with Gasteiger partial charge in [-0.15, -0.1) is 0 Å². The molecule has 0 aromatic carbocycles. The summed E-state index contributed by atoms with van der Waals surface area (Å²) >= 11 is 0. The number of esters is 1. The minimum absolute atomic E-state index is 0.0227. The van der Waals surface area contributed by atoms with Gasteiger partial charge in [0, 0.05) is 12.8 Å². The molecule has 2 unspecified atom stereocenters. The largest absolute Gasteiger partial charge is 0.466 e. The maximum absolute atomic E-state index is 12.5. The number of unbranched alkanes of at least 4 members (excludes halogenated alkanes) is 44. The van der Waals surface area contributed by atoms with Gasteiger partial charge in [-0.05, 0) is 96.3 Å². The second-order valence-electron chi connectivity index (χ2n) is 23.1. The van der Waals surface area contributed by atoms with E-state index in [0.29, 0.717) is 25.9 Å². The molecule has 0 radical (unpaired) electrons. The van der Waals surface area contributed by atoms with Crippen molar-refractivity contribution >= 4 is 11.9 Å². The second-order valence-corrected chi connectivity index (χ2v) is 23.1. The molecule has 0 spiro atoms. The number of hydrogen-bond donors (Lipinski definition) is 3. The van der Waals surface area contributed by atoms with E-state index < -0.39 is 12.1 Å². The molecule has 0 aliphatic carbocycles. The molecule has 0 fully saturated rings. The van der Waals surface area contributed by atoms with Gasteiger partial charge in [-0.3, -0.25) is 9.59 Å². The van der Waals surface area contributed by atoms with Gasteiger partial charge in [0.25, 0.3) is 0 Å². The van der Waals surface area contributed by atoms with Crippen LogP contribution in [0.2, 0.25) is 0 Å². The van der Waals surface area contributed by atoms with Crippen molar-refractivity contribution in [2.75, 3.05) is 13.2 Å². The average molecular weight is 1070 g/mol. The first-order valence-corrected chi connectivity index (χ1v) is 33.9. The number of aliphatic hydroxyl groups excluding tert-OH is 2. The van der Waals surface area contributed by atoms with Crippen LogP contribution in [0.1, 0.15) is 361 Å². The van der Waals surface area contributed by atoms with Gasteiger partial charge in [-0.2, -0.15) is 0 Å². The molecular formula is C70H131NO5. The lowest BCUT2D eigenvalue weighted by atomic mass is 10.0. The number of carbonyl (C=O) groups is 2. The minimum atomic E-state index is -0.678. The molecule has 0 saturated heterocycles. The molecule has 0 saturated carbocycles. The van der Waals surface area contributed by atoms with E-state index in [1.54, 1.807) is 0 Å². The van der Waals surface area contributed by atoms with Gasteiger partial charge >= 0.3 is 5.97 Å². The molecule has 0 aromatic heterocycles. The van der Waals surface area contributed by atoms with E-state index in [4.69, 9.17) is 4.74 Å². The van der Waals surface area contributed by atoms with Crippen LogP contribution in [0, 0.1) is 0 Å². The van der Waals surface area contributed by atoms with Crippen LogP contribution in [0.4, 0.5) is 0 Å². The molecule has 76 heavy (non-hydrogen) atoms. The first-order valence-electron chi connectivity index (χ1n) is 33.9. The van der Waals surface area contributed by atoms with E-state index in [2.05, 4.69) is 67.8 Å². The van der Waals surface area contributed by atoms with Gasteiger partial charge < -0.3 is 20.3 Å². The fourth-order valence-corrected chi connectivity index (χ4v) is 10.4. The zero-order valence-corrected chi connectivity index (χ0v) is 51.0. The van der Waals surface area contributed by atoms with Crippen molar-refractivity contribution in [2.24, 2.45) is 0 Å². The Kier molecular flexibility index (Phi) is 63.5. The fourth-order valence-electron chi connectivity index (χ4n) is 10.4. The number of carbonyl (C=O) groups excluding carboxylic acids is 2. The van der Waals surface area contributed by atoms with Crippen molar-refractivity contribution in [3.05, 3.63) is 48.6 Å². The highest BCUT2D eigenvalue weighted by Crippen LogP contribution is 2.18. The maximum atomic E-state index is 12.5. The lowest BCUT2D eigenvalue weighted by Crippen LogP contribution is -2.45. The van der Waals surface area contributed by atoms with Gasteiger partial charge in [0.15, 0.2) is 0 Å². The van der Waals surface area contributed by atoms with Crippen molar-refractivity contribution in [3.8, 4) is 0 Å². The molecule has 6 heteroatoms. The number of allylic oxidation sites excluding steroid dienone is 8. The van der Waals surface area contributed by atoms with Gasteiger partial charge in [0.2, 0.25) is 5.91 Å². The molecule has 0 rings (SSSR count). The number of aliphatic hydroxyl groups is 2. The van der Waals surface area contributed by atoms with Gasteiger partial charge in [0.05, 0.1) is 25.4 Å². The van der Waals surface area contributed by atoms with Crippen LogP contribution >= 0.6 is 0 Å². The lowest BCUT2D eigenvalue weighted by Gasteiger charge is -2.22. The molecule has 0 bridgehead atoms. The molecule has 0 heterocycles. The number of amides is 1. The maximum Gasteiger partial charge on any atom is 0.305 e. The van der Waals surface area contributed by atoms with Crippen molar-refractivity contribution < 1.29 is 24.5 Å². The molecule has 446 valence electrons. The first-order chi connectivity index (χ1) is 37.5. The van der Waals surface area contributed by atoms with Crippen LogP contribution in [0.25, 0.3) is 0 Å². The van der Waals surface area contributed by atoms with Crippen molar-refractivity contribution in [2.45, 2.75) is 373 Å². The van der Waals surface area contributed by atoms with E-state index in [-0.39, 0.29) is 18.5 Å². The van der Waals surface area contributed by atoms with Gasteiger partial charge in [-0.25, -0.2) is 0 Å². The Labute approximate surface area is 474 Å². The second kappa shape index (κ2) is 65.3. The Balaban J connectivity index is 3.48. The Bertz CT molecular complexity index is 1270. The summed E-state index contributed by atoms with van der Waals surface area (Å²) in [4.78, 5) is 24.6. The highest BCUT2D eigenvalue weighted by atomic mass is 16.5. The molecule has 0 aliphatic rings. The molecular weight excluding hydrogens is 935 g/mol. The van der Waals surface area contributed by atoms with Crippen molar-refractivity contribution in [1.82, 2.24) is 5.32 Å². The quantitative estimate of drug-likeness (QED) is 0.0320. The number of rotatable bonds is 63. The smallest absolute Gasteiger partial charge is 0.305 e. The summed E-state index contributed by atoms with van der Waals surface area (Å²) in [5.41, 5.74) is 0. The van der Waals surface area contributed by atoms with Crippen LogP contribution in [0.3, 0.4) is 0 Å². The number of nitrogens with one attached hydrogen (secondary N) is 1. The topological polar surface area (TPSA) is 95.9 Å². The monoisotopic (exact) mass is 1070 g/mol. The van der Waals surface area contributed by atoms with Crippen LogP contribution < -0.4 is 5.32 Å². The average Bonchev–Trinajstić information content (AvgIpc) is 3.42. The van der Waals surface area contributed by atoms with Crippen LogP contribution in [0.5, 0.6) is 0 Å². The summed E-state index contributed by atoms with van der Waals surface area (Å²) in [5, 5.41) is 23.4. The predicted molar refractivity (Wildman–Crippen MR) is 333 cm³/mol. The minimum Gasteiger partial charge on any atom is -0.466 e. The standard InChI is InChI=1S/C70H131NO5/c1-3-5-7-9-11-13-15-17-19-21-22-23-24-25-26-27-28-31-34-38-42-46-50-54-58-62-68(73)67(66-72)71-69(74)63-59-55-51-47-43-39-35-32-29-33-37-41-45-49-53-57-61-65-76-70(75)64-60-56-52-48-44-40-36-30-20-18-16-14-12-10-8-6-4-2/h12,14,18,20,29,33,41,45,67-68,72-73H,3-11,13,15-17,19,21-28,30-32,34-40,42-44,46-66H2,1-2H3,(H,71,74)/b14-12-,20-18-,33-29-,45-41-. The summed E-state index contributed by atoms with van der Waals surface area (Å²) in [6.45, 7) is 4.90. The molecule has 0 aromatic rings. The zero-order valence-electron chi connectivity index (χ0n) is 51.0. The molecule has 1 amide bonds. The zero-order chi connectivity index (χ0) is 55.0. The molecule has 2 atom stereocenters. The highest BCUT2D eigenvalue weighted by Gasteiger charge is 2.20. The Morgan fingerprint density at radius 1 is 0.368 bits per heavy atom.